The first-order valence-electron chi connectivity index (χ1n) is 4.91. The van der Waals surface area contributed by atoms with Gasteiger partial charge in [0.25, 0.3) is 0 Å². The molecule has 0 radical (unpaired) electrons. The molecule has 6 nitrogen and oxygen atoms in total. The minimum absolute atomic E-state index is 0.0253. The predicted octanol–water partition coefficient (Wildman–Crippen LogP) is 1.92. The first-order valence-corrected chi connectivity index (χ1v) is 4.91. The maximum Gasteiger partial charge on any atom is 0.243 e. The monoisotopic (exact) mass is 230 g/mol. The van der Waals surface area contributed by atoms with E-state index < -0.39 is 4.92 Å². The van der Waals surface area contributed by atoms with Crippen LogP contribution in [-0.2, 0) is 0 Å². The Kier molecular flexibility index (Phi) is 2.70. The van der Waals surface area contributed by atoms with Gasteiger partial charge in [0.15, 0.2) is 0 Å². The molecule has 2 heterocycles. The Bertz CT molecular complexity index is 627. The molecule has 0 saturated carbocycles. The van der Waals surface area contributed by atoms with Crippen LogP contribution < -0.4 is 0 Å². The number of rotatable bonds is 3. The highest BCUT2D eigenvalue weighted by atomic mass is 16.6. The van der Waals surface area contributed by atoms with Crippen molar-refractivity contribution in [2.24, 2.45) is 0 Å². The maximum atomic E-state index is 10.5. The molecule has 0 N–H and O–H groups in total. The van der Waals surface area contributed by atoms with Crippen LogP contribution in [0, 0.1) is 10.1 Å². The number of hydrogen-bond donors (Lipinski definition) is 0. The lowest BCUT2D eigenvalue weighted by Crippen LogP contribution is -1.99. The third-order valence-corrected chi connectivity index (χ3v) is 2.27. The fraction of sp³-hybridized carbons (Fsp3) is 0.0909. The van der Waals surface area contributed by atoms with Gasteiger partial charge in [-0.1, -0.05) is 6.58 Å². The summed E-state index contributed by atoms with van der Waals surface area (Å²) in [6.45, 7) is 5.17. The number of hydrogen-bond acceptors (Lipinski definition) is 4. The molecule has 0 unspecified atom stereocenters. The Labute approximate surface area is 97.0 Å². The van der Waals surface area contributed by atoms with Crippen LogP contribution in [0.2, 0.25) is 0 Å². The summed E-state index contributed by atoms with van der Waals surface area (Å²) in [5, 5.41) is 18.7. The molecule has 0 aliphatic rings. The van der Waals surface area contributed by atoms with Gasteiger partial charge in [0.05, 0.1) is 22.3 Å². The van der Waals surface area contributed by atoms with Gasteiger partial charge in [0, 0.05) is 18.6 Å². The molecule has 17 heavy (non-hydrogen) atoms. The highest BCUT2D eigenvalue weighted by molar-refractivity contribution is 5.70. The first-order chi connectivity index (χ1) is 8.08. The summed E-state index contributed by atoms with van der Waals surface area (Å²) in [5.41, 5.74) is 1.92. The summed E-state index contributed by atoms with van der Waals surface area (Å²) < 4.78 is 1.45. The van der Waals surface area contributed by atoms with Crippen LogP contribution in [0.4, 0.5) is 0 Å². The van der Waals surface area contributed by atoms with Gasteiger partial charge in [-0.25, -0.2) is 0 Å². The Hall–Kier alpha value is -2.50. The lowest BCUT2D eigenvalue weighted by Gasteiger charge is -2.00. The van der Waals surface area contributed by atoms with E-state index >= 15 is 0 Å². The van der Waals surface area contributed by atoms with Gasteiger partial charge in [-0.2, -0.15) is 9.73 Å². The van der Waals surface area contributed by atoms with Crippen molar-refractivity contribution in [3.8, 4) is 0 Å². The van der Waals surface area contributed by atoms with E-state index in [0.717, 1.165) is 5.52 Å². The zero-order chi connectivity index (χ0) is 12.4. The van der Waals surface area contributed by atoms with Crippen LogP contribution >= 0.6 is 0 Å². The molecular formula is C11H10N4O2. The second kappa shape index (κ2) is 4.17. The van der Waals surface area contributed by atoms with Gasteiger partial charge in [0.1, 0.15) is 0 Å². The minimum atomic E-state index is -0.461. The molecule has 2 rings (SSSR count). The molecule has 0 bridgehead atoms. The van der Waals surface area contributed by atoms with Crippen molar-refractivity contribution in [3.63, 3.8) is 0 Å². The summed E-state index contributed by atoms with van der Waals surface area (Å²) in [4.78, 5) is 10.0. The van der Waals surface area contributed by atoms with E-state index in [1.165, 1.54) is 17.6 Å². The van der Waals surface area contributed by atoms with Gasteiger partial charge in [-0.05, 0) is 18.2 Å². The normalized spacial score (nSPS) is 11.7. The zero-order valence-electron chi connectivity index (χ0n) is 9.20. The average molecular weight is 230 g/mol. The molecule has 0 saturated heterocycles. The van der Waals surface area contributed by atoms with E-state index in [0.29, 0.717) is 11.3 Å². The molecule has 0 atom stereocenters. The molecule has 0 aliphatic carbocycles. The highest BCUT2D eigenvalue weighted by Crippen LogP contribution is 2.14. The summed E-state index contributed by atoms with van der Waals surface area (Å²) >= 11 is 0. The van der Waals surface area contributed by atoms with Crippen molar-refractivity contribution in [3.05, 3.63) is 58.6 Å². The summed E-state index contributed by atoms with van der Waals surface area (Å²) in [5.74, 6) is 0. The van der Waals surface area contributed by atoms with Gasteiger partial charge in [-0.15, -0.1) is 5.10 Å². The van der Waals surface area contributed by atoms with E-state index in [1.807, 2.05) is 12.1 Å². The molecule has 0 fully saturated rings. The SMILES string of the molecule is C=C(/C=C(\C)[N+](=O)[O-])c1ccc2ccnn2n1. The Morgan fingerprint density at radius 3 is 3.00 bits per heavy atom. The Morgan fingerprint density at radius 1 is 1.53 bits per heavy atom. The van der Waals surface area contributed by atoms with Crippen molar-refractivity contribution in [2.75, 3.05) is 0 Å². The molecule has 0 amide bonds. The molecule has 2 aromatic heterocycles. The summed E-state index contributed by atoms with van der Waals surface area (Å²) in [6, 6.07) is 5.40. The number of allylic oxidation sites excluding steroid dienone is 3. The largest absolute Gasteiger partial charge is 0.259 e. The number of nitrogens with zero attached hydrogens (tertiary/aromatic N) is 4. The fourth-order valence-electron chi connectivity index (χ4n) is 1.36. The van der Waals surface area contributed by atoms with Gasteiger partial charge < -0.3 is 0 Å². The molecule has 0 spiro atoms. The predicted molar refractivity (Wildman–Crippen MR) is 62.8 cm³/mol. The maximum absolute atomic E-state index is 10.5. The third-order valence-electron chi connectivity index (χ3n) is 2.27. The molecule has 86 valence electrons. The van der Waals surface area contributed by atoms with Gasteiger partial charge >= 0.3 is 0 Å². The smallest absolute Gasteiger partial charge is 0.243 e. The van der Waals surface area contributed by atoms with E-state index in [9.17, 15) is 10.1 Å². The Balaban J connectivity index is 2.36. The van der Waals surface area contributed by atoms with E-state index in [-0.39, 0.29) is 5.70 Å². The number of nitro groups is 1. The minimum Gasteiger partial charge on any atom is -0.259 e. The fourth-order valence-corrected chi connectivity index (χ4v) is 1.36. The van der Waals surface area contributed by atoms with Crippen LogP contribution in [-0.4, -0.2) is 19.8 Å². The molecule has 0 aliphatic heterocycles. The molecule has 2 aromatic rings. The lowest BCUT2D eigenvalue weighted by molar-refractivity contribution is -0.424. The molecule has 6 heteroatoms. The quantitative estimate of drug-likeness (QED) is 0.458. The van der Waals surface area contributed by atoms with Crippen LogP contribution in [0.3, 0.4) is 0 Å². The highest BCUT2D eigenvalue weighted by Gasteiger charge is 2.06. The van der Waals surface area contributed by atoms with Gasteiger partial charge in [-0.3, -0.25) is 10.1 Å². The molecule has 0 aromatic carbocycles. The second-order valence-corrected chi connectivity index (χ2v) is 3.53. The van der Waals surface area contributed by atoms with E-state index in [2.05, 4.69) is 16.8 Å². The number of fused-ring (bicyclic) bond motifs is 1. The second-order valence-electron chi connectivity index (χ2n) is 3.53. The molecular weight excluding hydrogens is 220 g/mol. The van der Waals surface area contributed by atoms with Crippen molar-refractivity contribution < 1.29 is 4.92 Å². The number of aromatic nitrogens is 3. The van der Waals surface area contributed by atoms with Crippen LogP contribution in [0.5, 0.6) is 0 Å². The van der Waals surface area contributed by atoms with Crippen molar-refractivity contribution >= 4 is 11.1 Å². The first kappa shape index (κ1) is 11.0. The van der Waals surface area contributed by atoms with E-state index in [4.69, 9.17) is 0 Å². The van der Waals surface area contributed by atoms with Crippen molar-refractivity contribution in [1.82, 2.24) is 14.8 Å². The van der Waals surface area contributed by atoms with Crippen LogP contribution in [0.15, 0.2) is 42.7 Å². The van der Waals surface area contributed by atoms with Crippen LogP contribution in [0.25, 0.3) is 11.1 Å². The van der Waals surface area contributed by atoms with Gasteiger partial charge in [0.2, 0.25) is 5.70 Å². The lowest BCUT2D eigenvalue weighted by atomic mass is 10.2. The van der Waals surface area contributed by atoms with Crippen molar-refractivity contribution in [2.45, 2.75) is 6.92 Å². The summed E-state index contributed by atoms with van der Waals surface area (Å²) in [6.07, 6.45) is 3.02. The van der Waals surface area contributed by atoms with Crippen LogP contribution in [0.1, 0.15) is 12.6 Å². The Morgan fingerprint density at radius 2 is 2.29 bits per heavy atom. The topological polar surface area (TPSA) is 73.3 Å². The van der Waals surface area contributed by atoms with E-state index in [1.54, 1.807) is 12.3 Å². The summed E-state index contributed by atoms with van der Waals surface area (Å²) in [7, 11) is 0. The zero-order valence-corrected chi connectivity index (χ0v) is 9.20. The third kappa shape index (κ3) is 2.20. The standard InChI is InChI=1S/C11H10N4O2/c1-8(7-9(2)15(16)17)11-4-3-10-5-6-12-14(10)13-11/h3-7H,1H2,2H3/b9-7+. The average Bonchev–Trinajstić information content (AvgIpc) is 2.75. The van der Waals surface area contributed by atoms with Crippen molar-refractivity contribution in [1.29, 1.82) is 0 Å².